The van der Waals surface area contributed by atoms with Crippen LogP contribution in [0.4, 0.5) is 10.1 Å². The number of hydrogen-bond acceptors (Lipinski definition) is 5. The molecule has 37 heavy (non-hydrogen) atoms. The molecule has 5 aromatic heterocycles. The van der Waals surface area contributed by atoms with Crippen LogP contribution >= 0.6 is 0 Å². The van der Waals surface area contributed by atoms with E-state index in [9.17, 15) is 9.18 Å². The van der Waals surface area contributed by atoms with Gasteiger partial charge in [0.2, 0.25) is 5.91 Å². The van der Waals surface area contributed by atoms with Gasteiger partial charge in [0, 0.05) is 45.7 Å². The molecule has 0 radical (unpaired) electrons. The third kappa shape index (κ3) is 3.90. The van der Waals surface area contributed by atoms with Crippen molar-refractivity contribution in [2.24, 2.45) is 5.92 Å². The van der Waals surface area contributed by atoms with Crippen LogP contribution in [0.5, 0.6) is 0 Å². The van der Waals surface area contributed by atoms with E-state index in [0.717, 1.165) is 68.6 Å². The minimum Gasteiger partial charge on any atom is -0.353 e. The van der Waals surface area contributed by atoms with Gasteiger partial charge in [0.15, 0.2) is 0 Å². The number of halogens is 1. The molecule has 0 unspecified atom stereocenters. The van der Waals surface area contributed by atoms with E-state index in [1.54, 1.807) is 36.9 Å². The maximum Gasteiger partial charge on any atom is 0.227 e. The van der Waals surface area contributed by atoms with Crippen LogP contribution in [-0.2, 0) is 4.79 Å². The lowest BCUT2D eigenvalue weighted by molar-refractivity contribution is -0.117. The van der Waals surface area contributed by atoms with Crippen LogP contribution < -0.4 is 5.32 Å². The molecule has 7 rings (SSSR count). The SMILES string of the molecule is O=C(Nc1cncc(-c2cc3c(-c4cc5c(-c6ccc(F)cc6)nccc5[nH]4)n[nH]c3cn2)c1)C1CC1. The molecule has 1 saturated carbocycles. The van der Waals surface area contributed by atoms with Gasteiger partial charge >= 0.3 is 0 Å². The molecule has 180 valence electrons. The number of aromatic amines is 2. The highest BCUT2D eigenvalue weighted by atomic mass is 19.1. The van der Waals surface area contributed by atoms with Crippen LogP contribution in [-0.4, -0.2) is 36.0 Å². The number of fused-ring (bicyclic) bond motifs is 2. The average Bonchev–Trinajstić information content (AvgIpc) is 3.55. The molecule has 3 N–H and O–H groups in total. The number of hydrogen-bond donors (Lipinski definition) is 3. The average molecular weight is 490 g/mol. The van der Waals surface area contributed by atoms with E-state index >= 15 is 0 Å². The summed E-state index contributed by atoms with van der Waals surface area (Å²) in [7, 11) is 0. The quantitative estimate of drug-likeness (QED) is 0.287. The summed E-state index contributed by atoms with van der Waals surface area (Å²) in [5.74, 6) is -0.140. The Balaban J connectivity index is 1.28. The lowest BCUT2D eigenvalue weighted by Crippen LogP contribution is -2.13. The summed E-state index contributed by atoms with van der Waals surface area (Å²) in [5.41, 5.74) is 7.01. The van der Waals surface area contributed by atoms with E-state index in [0.29, 0.717) is 5.69 Å². The smallest absolute Gasteiger partial charge is 0.227 e. The third-order valence-corrected chi connectivity index (χ3v) is 6.62. The van der Waals surface area contributed by atoms with Gasteiger partial charge in [-0.3, -0.25) is 24.8 Å². The van der Waals surface area contributed by atoms with Gasteiger partial charge in [0.1, 0.15) is 11.5 Å². The normalized spacial score (nSPS) is 13.3. The van der Waals surface area contributed by atoms with Gasteiger partial charge < -0.3 is 10.3 Å². The molecule has 1 amide bonds. The number of pyridine rings is 3. The Morgan fingerprint density at radius 2 is 1.73 bits per heavy atom. The van der Waals surface area contributed by atoms with Crippen LogP contribution in [0.3, 0.4) is 0 Å². The second-order valence-electron chi connectivity index (χ2n) is 9.22. The Hall–Kier alpha value is -4.92. The topological polar surface area (TPSA) is 112 Å². The van der Waals surface area contributed by atoms with Crippen molar-refractivity contribution in [3.05, 3.63) is 79.1 Å². The molecule has 8 nitrogen and oxygen atoms in total. The van der Waals surface area contributed by atoms with E-state index in [2.05, 4.69) is 35.5 Å². The summed E-state index contributed by atoms with van der Waals surface area (Å²) in [6.07, 6.45) is 8.72. The number of amides is 1. The highest BCUT2D eigenvalue weighted by molar-refractivity contribution is 6.00. The molecule has 9 heteroatoms. The van der Waals surface area contributed by atoms with Gasteiger partial charge in [-0.05, 0) is 61.4 Å². The second-order valence-corrected chi connectivity index (χ2v) is 9.22. The summed E-state index contributed by atoms with van der Waals surface area (Å²) in [5, 5.41) is 12.4. The molecule has 0 aliphatic heterocycles. The van der Waals surface area contributed by atoms with Crippen molar-refractivity contribution in [1.29, 1.82) is 0 Å². The zero-order valence-corrected chi connectivity index (χ0v) is 19.5. The zero-order valence-electron chi connectivity index (χ0n) is 19.5. The van der Waals surface area contributed by atoms with Crippen molar-refractivity contribution >= 4 is 33.4 Å². The highest BCUT2D eigenvalue weighted by Gasteiger charge is 2.29. The third-order valence-electron chi connectivity index (χ3n) is 6.62. The summed E-state index contributed by atoms with van der Waals surface area (Å²) in [6, 6.07) is 14.1. The molecule has 5 heterocycles. The molecule has 1 fully saturated rings. The maximum absolute atomic E-state index is 13.5. The Morgan fingerprint density at radius 1 is 0.892 bits per heavy atom. The predicted molar refractivity (Wildman–Crippen MR) is 139 cm³/mol. The summed E-state index contributed by atoms with van der Waals surface area (Å²) in [4.78, 5) is 29.0. The van der Waals surface area contributed by atoms with Gasteiger partial charge in [0.25, 0.3) is 0 Å². The van der Waals surface area contributed by atoms with Crippen LogP contribution in [0.15, 0.2) is 73.3 Å². The number of anilines is 1. The number of carbonyl (C=O) groups excluding carboxylic acids is 1. The van der Waals surface area contributed by atoms with Crippen LogP contribution in [0.2, 0.25) is 0 Å². The monoisotopic (exact) mass is 489 g/mol. The van der Waals surface area contributed by atoms with Crippen molar-refractivity contribution in [3.63, 3.8) is 0 Å². The van der Waals surface area contributed by atoms with Crippen LogP contribution in [0.1, 0.15) is 12.8 Å². The predicted octanol–water partition coefficient (Wildman–Crippen LogP) is 5.72. The maximum atomic E-state index is 13.5. The molecular formula is C28H20FN7O. The first-order chi connectivity index (χ1) is 18.1. The Bertz CT molecular complexity index is 1800. The van der Waals surface area contributed by atoms with Crippen molar-refractivity contribution < 1.29 is 9.18 Å². The summed E-state index contributed by atoms with van der Waals surface area (Å²) < 4.78 is 13.5. The number of benzene rings is 1. The molecule has 0 bridgehead atoms. The molecule has 0 spiro atoms. The van der Waals surface area contributed by atoms with Gasteiger partial charge in [-0.15, -0.1) is 0 Å². The van der Waals surface area contributed by atoms with Gasteiger partial charge in [-0.1, -0.05) is 0 Å². The molecule has 6 aromatic rings. The van der Waals surface area contributed by atoms with Gasteiger partial charge in [0.05, 0.1) is 40.7 Å². The highest BCUT2D eigenvalue weighted by Crippen LogP contribution is 2.34. The number of H-pyrrole nitrogens is 2. The largest absolute Gasteiger partial charge is 0.353 e. The molecule has 1 aromatic carbocycles. The number of nitrogens with one attached hydrogen (secondary N) is 3. The second kappa shape index (κ2) is 8.34. The van der Waals surface area contributed by atoms with E-state index in [1.807, 2.05) is 24.3 Å². The Labute approximate surface area is 210 Å². The Kier molecular flexibility index (Phi) is 4.81. The van der Waals surface area contributed by atoms with Crippen molar-refractivity contribution in [2.75, 3.05) is 5.32 Å². The van der Waals surface area contributed by atoms with Crippen molar-refractivity contribution in [3.8, 4) is 33.9 Å². The number of carbonyl (C=O) groups is 1. The minimum absolute atomic E-state index is 0.0350. The van der Waals surface area contributed by atoms with Crippen LogP contribution in [0, 0.1) is 11.7 Å². The van der Waals surface area contributed by atoms with Crippen molar-refractivity contribution in [2.45, 2.75) is 12.8 Å². The first-order valence-corrected chi connectivity index (χ1v) is 12.0. The van der Waals surface area contributed by atoms with Gasteiger partial charge in [-0.25, -0.2) is 4.39 Å². The fourth-order valence-electron chi connectivity index (χ4n) is 4.54. The molecule has 1 aliphatic rings. The van der Waals surface area contributed by atoms with E-state index < -0.39 is 0 Å². The standard InChI is InChI=1S/C28H20FN7O/c29-18-5-3-15(4-6-18)26-20-11-24(34-22(20)7-8-31-26)27-21-10-23(32-14-25(21)35-36-27)17-9-19(13-30-12-17)33-28(37)16-1-2-16/h3-14,16,34H,1-2H2,(H,33,37)(H,35,36). The number of nitrogens with zero attached hydrogens (tertiary/aromatic N) is 4. The fraction of sp³-hybridized carbons (Fsp3) is 0.107. The summed E-state index contributed by atoms with van der Waals surface area (Å²) >= 11 is 0. The fourth-order valence-corrected chi connectivity index (χ4v) is 4.54. The molecule has 0 saturated heterocycles. The van der Waals surface area contributed by atoms with Crippen LogP contribution in [0.25, 0.3) is 55.7 Å². The van der Waals surface area contributed by atoms with E-state index in [1.165, 1.54) is 12.1 Å². The first-order valence-electron chi connectivity index (χ1n) is 12.0. The van der Waals surface area contributed by atoms with Gasteiger partial charge in [-0.2, -0.15) is 5.10 Å². The molecule has 0 atom stereocenters. The minimum atomic E-state index is -0.288. The lowest BCUT2D eigenvalue weighted by Gasteiger charge is -2.06. The van der Waals surface area contributed by atoms with Crippen molar-refractivity contribution in [1.82, 2.24) is 30.1 Å². The molecular weight excluding hydrogens is 469 g/mol. The molecule has 1 aliphatic carbocycles. The van der Waals surface area contributed by atoms with E-state index in [-0.39, 0.29) is 17.6 Å². The number of aromatic nitrogens is 6. The zero-order chi connectivity index (χ0) is 24.9. The van der Waals surface area contributed by atoms with E-state index in [4.69, 9.17) is 0 Å². The first kappa shape index (κ1) is 21.4. The Morgan fingerprint density at radius 3 is 2.57 bits per heavy atom. The lowest BCUT2D eigenvalue weighted by atomic mass is 10.1. The summed E-state index contributed by atoms with van der Waals surface area (Å²) in [6.45, 7) is 0. The number of rotatable bonds is 5.